The third-order valence-electron chi connectivity index (χ3n) is 1.65. The van der Waals surface area contributed by atoms with Gasteiger partial charge in [-0.15, -0.1) is 0 Å². The number of hydrogen-bond acceptors (Lipinski definition) is 4. The minimum Gasteiger partial charge on any atom is -0.508 e. The van der Waals surface area contributed by atoms with Crippen LogP contribution in [-0.4, -0.2) is 16.2 Å². The second-order valence-electron chi connectivity index (χ2n) is 2.87. The highest BCUT2D eigenvalue weighted by Crippen LogP contribution is 2.20. The Balaban J connectivity index is 2.63. The summed E-state index contributed by atoms with van der Waals surface area (Å²) in [6, 6.07) is 4.08. The highest BCUT2D eigenvalue weighted by Gasteiger charge is 2.02. The second kappa shape index (κ2) is 4.50. The first kappa shape index (κ1) is 10.4. The molecule has 0 saturated heterocycles. The van der Waals surface area contributed by atoms with Crippen LogP contribution >= 0.6 is 0 Å². The molecule has 1 rings (SSSR count). The average molecular weight is 196 g/mol. The maximum absolute atomic E-state index is 10.8. The van der Waals surface area contributed by atoms with Crippen molar-refractivity contribution in [1.29, 1.82) is 0 Å². The summed E-state index contributed by atoms with van der Waals surface area (Å²) in [6.07, 6.45) is 0.310. The van der Waals surface area contributed by atoms with Gasteiger partial charge in [0.25, 0.3) is 0 Å². The van der Waals surface area contributed by atoms with E-state index in [-0.39, 0.29) is 24.1 Å². The monoisotopic (exact) mass is 196 g/mol. The van der Waals surface area contributed by atoms with Gasteiger partial charge >= 0.3 is 5.97 Å². The van der Waals surface area contributed by atoms with E-state index in [4.69, 9.17) is 14.9 Å². The largest absolute Gasteiger partial charge is 0.508 e. The molecule has 4 heteroatoms. The summed E-state index contributed by atoms with van der Waals surface area (Å²) in [4.78, 5) is 10.8. The molecule has 0 heterocycles. The van der Waals surface area contributed by atoms with Crippen LogP contribution in [0.25, 0.3) is 0 Å². The van der Waals surface area contributed by atoms with Crippen LogP contribution in [0.2, 0.25) is 0 Å². The number of esters is 1. The number of hydrogen-bond donors (Lipinski definition) is 2. The Morgan fingerprint density at radius 3 is 2.36 bits per heavy atom. The molecular formula is C10H12O4. The molecule has 4 nitrogen and oxygen atoms in total. The summed E-state index contributed by atoms with van der Waals surface area (Å²) < 4.78 is 4.83. The molecule has 0 aliphatic rings. The van der Waals surface area contributed by atoms with Gasteiger partial charge in [0.2, 0.25) is 0 Å². The molecule has 0 bridgehead atoms. The average Bonchev–Trinajstić information content (AvgIpc) is 2.12. The quantitative estimate of drug-likeness (QED) is 0.720. The molecule has 0 fully saturated rings. The maximum Gasteiger partial charge on any atom is 0.305 e. The van der Waals surface area contributed by atoms with Crippen molar-refractivity contribution in [2.75, 3.05) is 0 Å². The lowest BCUT2D eigenvalue weighted by molar-refractivity contribution is -0.144. The van der Waals surface area contributed by atoms with Crippen molar-refractivity contribution < 1.29 is 19.7 Å². The SMILES string of the molecule is CCC(=O)OCc1cc(O)cc(O)c1. The molecule has 0 amide bonds. The highest BCUT2D eigenvalue weighted by atomic mass is 16.5. The fourth-order valence-corrected chi connectivity index (χ4v) is 1.01. The number of phenols is 2. The second-order valence-corrected chi connectivity index (χ2v) is 2.87. The molecule has 0 aliphatic carbocycles. The number of rotatable bonds is 3. The summed E-state index contributed by atoms with van der Waals surface area (Å²) in [5.74, 6) is -0.409. The van der Waals surface area contributed by atoms with Gasteiger partial charge in [0.05, 0.1) is 0 Å². The topological polar surface area (TPSA) is 66.8 Å². The lowest BCUT2D eigenvalue weighted by atomic mass is 10.2. The zero-order chi connectivity index (χ0) is 10.6. The summed E-state index contributed by atoms with van der Waals surface area (Å²) in [7, 11) is 0. The van der Waals surface area contributed by atoms with Gasteiger partial charge in [-0.3, -0.25) is 4.79 Å². The van der Waals surface area contributed by atoms with E-state index in [0.717, 1.165) is 0 Å². The van der Waals surface area contributed by atoms with Gasteiger partial charge in [-0.2, -0.15) is 0 Å². The minimum atomic E-state index is -0.312. The molecule has 0 unspecified atom stereocenters. The van der Waals surface area contributed by atoms with E-state index in [2.05, 4.69) is 0 Å². The van der Waals surface area contributed by atoms with Crippen molar-refractivity contribution in [3.05, 3.63) is 23.8 Å². The summed E-state index contributed by atoms with van der Waals surface area (Å²) in [5, 5.41) is 18.2. The van der Waals surface area contributed by atoms with Crippen LogP contribution in [0.15, 0.2) is 18.2 Å². The normalized spacial score (nSPS) is 9.79. The number of carbonyl (C=O) groups excluding carboxylic acids is 1. The van der Waals surface area contributed by atoms with Crippen LogP contribution in [-0.2, 0) is 16.1 Å². The Morgan fingerprint density at radius 1 is 1.29 bits per heavy atom. The molecule has 0 saturated carbocycles. The van der Waals surface area contributed by atoms with Gasteiger partial charge in [0.1, 0.15) is 18.1 Å². The summed E-state index contributed by atoms with van der Waals surface area (Å²) in [6.45, 7) is 1.76. The number of aromatic hydroxyl groups is 2. The smallest absolute Gasteiger partial charge is 0.305 e. The zero-order valence-electron chi connectivity index (χ0n) is 7.86. The molecule has 1 aromatic rings. The Bertz CT molecular complexity index is 313. The molecule has 0 aliphatic heterocycles. The number of phenolic OH excluding ortho intramolecular Hbond substituents is 2. The van der Waals surface area contributed by atoms with Gasteiger partial charge in [0, 0.05) is 12.5 Å². The lowest BCUT2D eigenvalue weighted by Gasteiger charge is -2.04. The molecule has 0 radical (unpaired) electrons. The van der Waals surface area contributed by atoms with Gasteiger partial charge in [-0.05, 0) is 17.7 Å². The van der Waals surface area contributed by atoms with Crippen molar-refractivity contribution in [2.24, 2.45) is 0 Å². The fraction of sp³-hybridized carbons (Fsp3) is 0.300. The van der Waals surface area contributed by atoms with Gasteiger partial charge < -0.3 is 14.9 Å². The Labute approximate surface area is 81.8 Å². The van der Waals surface area contributed by atoms with Crippen molar-refractivity contribution in [3.63, 3.8) is 0 Å². The van der Waals surface area contributed by atoms with E-state index in [9.17, 15) is 4.79 Å². The number of ether oxygens (including phenoxy) is 1. The first-order valence-electron chi connectivity index (χ1n) is 4.29. The van der Waals surface area contributed by atoms with E-state index in [1.807, 2.05) is 0 Å². The molecule has 76 valence electrons. The van der Waals surface area contributed by atoms with Crippen LogP contribution in [0.4, 0.5) is 0 Å². The van der Waals surface area contributed by atoms with Crippen molar-refractivity contribution >= 4 is 5.97 Å². The lowest BCUT2D eigenvalue weighted by Crippen LogP contribution is -2.02. The van der Waals surface area contributed by atoms with Crippen LogP contribution in [0.1, 0.15) is 18.9 Å². The van der Waals surface area contributed by atoms with Crippen molar-refractivity contribution in [1.82, 2.24) is 0 Å². The predicted octanol–water partition coefficient (Wildman–Crippen LogP) is 1.55. The van der Waals surface area contributed by atoms with Crippen molar-refractivity contribution in [2.45, 2.75) is 20.0 Å². The first-order valence-corrected chi connectivity index (χ1v) is 4.29. The highest BCUT2D eigenvalue weighted by molar-refractivity contribution is 5.68. The van der Waals surface area contributed by atoms with Crippen LogP contribution in [0, 0.1) is 0 Å². The van der Waals surface area contributed by atoms with Crippen LogP contribution < -0.4 is 0 Å². The zero-order valence-corrected chi connectivity index (χ0v) is 7.86. The predicted molar refractivity (Wildman–Crippen MR) is 49.9 cm³/mol. The van der Waals surface area contributed by atoms with Gasteiger partial charge in [-0.1, -0.05) is 6.92 Å². The first-order chi connectivity index (χ1) is 6.61. The number of carbonyl (C=O) groups is 1. The standard InChI is InChI=1S/C10H12O4/c1-2-10(13)14-6-7-3-8(11)5-9(12)4-7/h3-5,11-12H,2,6H2,1H3. The number of benzene rings is 1. The van der Waals surface area contributed by atoms with Gasteiger partial charge in [-0.25, -0.2) is 0 Å². The van der Waals surface area contributed by atoms with E-state index in [1.54, 1.807) is 6.92 Å². The Morgan fingerprint density at radius 2 is 1.86 bits per heavy atom. The summed E-state index contributed by atoms with van der Waals surface area (Å²) >= 11 is 0. The van der Waals surface area contributed by atoms with E-state index < -0.39 is 0 Å². The summed E-state index contributed by atoms with van der Waals surface area (Å²) in [5.41, 5.74) is 0.560. The van der Waals surface area contributed by atoms with Crippen molar-refractivity contribution in [3.8, 4) is 11.5 Å². The van der Waals surface area contributed by atoms with Crippen LogP contribution in [0.3, 0.4) is 0 Å². The Kier molecular flexibility index (Phi) is 3.34. The van der Waals surface area contributed by atoms with E-state index in [1.165, 1.54) is 18.2 Å². The van der Waals surface area contributed by atoms with E-state index >= 15 is 0 Å². The maximum atomic E-state index is 10.8. The molecule has 0 atom stereocenters. The molecule has 2 N–H and O–H groups in total. The molecule has 14 heavy (non-hydrogen) atoms. The van der Waals surface area contributed by atoms with Gasteiger partial charge in [0.15, 0.2) is 0 Å². The molecule has 0 aromatic heterocycles. The molecule has 1 aromatic carbocycles. The Hall–Kier alpha value is -1.71. The molecule has 0 spiro atoms. The molecular weight excluding hydrogens is 184 g/mol. The van der Waals surface area contributed by atoms with E-state index in [0.29, 0.717) is 12.0 Å². The fourth-order valence-electron chi connectivity index (χ4n) is 1.01. The third kappa shape index (κ3) is 2.97. The third-order valence-corrected chi connectivity index (χ3v) is 1.65. The minimum absolute atomic E-state index is 0.0486. The van der Waals surface area contributed by atoms with Crippen LogP contribution in [0.5, 0.6) is 11.5 Å².